The average Bonchev–Trinajstić information content (AvgIpc) is 2.47. The maximum Gasteiger partial charge on any atom is 0.335 e. The van der Waals surface area contributed by atoms with Crippen molar-refractivity contribution < 1.29 is 23.7 Å². The van der Waals surface area contributed by atoms with Crippen LogP contribution in [0.1, 0.15) is 53.4 Å². The molecule has 1 rings (SSSR count). The van der Waals surface area contributed by atoms with E-state index in [1.807, 2.05) is 27.7 Å². The highest BCUT2D eigenvalue weighted by Gasteiger charge is 2.23. The lowest BCUT2D eigenvalue weighted by Crippen LogP contribution is -2.30. The third-order valence-electron chi connectivity index (χ3n) is 3.62. The number of ether oxygens (including phenoxy) is 4. The minimum Gasteiger partial charge on any atom is -0.461 e. The number of carbonyl (C=O) groups excluding carboxylic acids is 1. The van der Waals surface area contributed by atoms with Gasteiger partial charge in [0.1, 0.15) is 0 Å². The van der Waals surface area contributed by atoms with E-state index in [1.54, 1.807) is 0 Å². The standard InChI is InChI=1S/C17H30O5/c1-12(2)14(11-21-16-8-6-7-9-20-16)10-15(19-5)17(18)22-13(3)4/h13,15-16H,6-11H2,1-5H3/t15-,16?/m0/s1. The van der Waals surface area contributed by atoms with Crippen molar-refractivity contribution in [1.82, 2.24) is 0 Å². The van der Waals surface area contributed by atoms with Crippen LogP contribution < -0.4 is 0 Å². The summed E-state index contributed by atoms with van der Waals surface area (Å²) < 4.78 is 21.9. The minimum atomic E-state index is -0.594. The number of hydrogen-bond donors (Lipinski definition) is 0. The fourth-order valence-electron chi connectivity index (χ4n) is 2.24. The van der Waals surface area contributed by atoms with Crippen molar-refractivity contribution in [3.8, 4) is 0 Å². The Morgan fingerprint density at radius 1 is 1.27 bits per heavy atom. The number of allylic oxidation sites excluding steroid dienone is 1. The lowest BCUT2D eigenvalue weighted by atomic mass is 10.0. The minimum absolute atomic E-state index is 0.133. The first kappa shape index (κ1) is 19.1. The first-order chi connectivity index (χ1) is 10.4. The molecule has 0 amide bonds. The van der Waals surface area contributed by atoms with E-state index in [0.29, 0.717) is 13.0 Å². The Labute approximate surface area is 133 Å². The third-order valence-corrected chi connectivity index (χ3v) is 3.62. The van der Waals surface area contributed by atoms with E-state index in [4.69, 9.17) is 18.9 Å². The lowest BCUT2D eigenvalue weighted by molar-refractivity contribution is -0.161. The normalized spacial score (nSPS) is 19.8. The molecule has 1 aliphatic heterocycles. The lowest BCUT2D eigenvalue weighted by Gasteiger charge is -2.24. The maximum atomic E-state index is 12.0. The quantitative estimate of drug-likeness (QED) is 0.508. The van der Waals surface area contributed by atoms with Crippen LogP contribution in [0.4, 0.5) is 0 Å². The molecule has 0 radical (unpaired) electrons. The molecule has 1 saturated heterocycles. The Bertz CT molecular complexity index is 365. The van der Waals surface area contributed by atoms with Crippen molar-refractivity contribution in [2.24, 2.45) is 0 Å². The molecule has 22 heavy (non-hydrogen) atoms. The van der Waals surface area contributed by atoms with Crippen molar-refractivity contribution >= 4 is 5.97 Å². The van der Waals surface area contributed by atoms with E-state index in [2.05, 4.69) is 0 Å². The summed E-state index contributed by atoms with van der Waals surface area (Å²) in [5.41, 5.74) is 2.19. The Morgan fingerprint density at radius 3 is 2.50 bits per heavy atom. The van der Waals surface area contributed by atoms with Crippen LogP contribution in [0.3, 0.4) is 0 Å². The van der Waals surface area contributed by atoms with E-state index >= 15 is 0 Å². The summed E-state index contributed by atoms with van der Waals surface area (Å²) in [6.07, 6.45) is 2.77. The van der Waals surface area contributed by atoms with Gasteiger partial charge in [-0.25, -0.2) is 4.79 Å². The van der Waals surface area contributed by atoms with Gasteiger partial charge in [-0.05, 0) is 52.5 Å². The van der Waals surface area contributed by atoms with E-state index in [-0.39, 0.29) is 18.4 Å². The number of hydrogen-bond acceptors (Lipinski definition) is 5. The fourth-order valence-corrected chi connectivity index (χ4v) is 2.24. The molecule has 0 spiro atoms. The zero-order valence-corrected chi connectivity index (χ0v) is 14.5. The molecule has 5 nitrogen and oxygen atoms in total. The molecule has 0 aromatic heterocycles. The zero-order valence-electron chi connectivity index (χ0n) is 14.5. The summed E-state index contributed by atoms with van der Waals surface area (Å²) in [6, 6.07) is 0. The van der Waals surface area contributed by atoms with Gasteiger partial charge in [0, 0.05) is 20.1 Å². The molecule has 1 fully saturated rings. The van der Waals surface area contributed by atoms with Crippen LogP contribution >= 0.6 is 0 Å². The first-order valence-electron chi connectivity index (χ1n) is 8.05. The SMILES string of the molecule is CO[C@@H](CC(COC1CCCCO1)=C(C)C)C(=O)OC(C)C. The predicted molar refractivity (Wildman–Crippen MR) is 84.6 cm³/mol. The summed E-state index contributed by atoms with van der Waals surface area (Å²) in [5, 5.41) is 0. The highest BCUT2D eigenvalue weighted by molar-refractivity contribution is 5.75. The summed E-state index contributed by atoms with van der Waals surface area (Å²) in [4.78, 5) is 12.0. The number of rotatable bonds is 8. The average molecular weight is 314 g/mol. The fraction of sp³-hybridized carbons (Fsp3) is 0.824. The van der Waals surface area contributed by atoms with Crippen LogP contribution in [0.15, 0.2) is 11.1 Å². The van der Waals surface area contributed by atoms with E-state index < -0.39 is 6.10 Å². The van der Waals surface area contributed by atoms with Crippen LogP contribution in [0, 0.1) is 0 Å². The summed E-state index contributed by atoms with van der Waals surface area (Å²) in [5.74, 6) is -0.329. The van der Waals surface area contributed by atoms with Crippen LogP contribution in [-0.2, 0) is 23.7 Å². The largest absolute Gasteiger partial charge is 0.461 e. The van der Waals surface area contributed by atoms with Crippen molar-refractivity contribution in [2.75, 3.05) is 20.3 Å². The van der Waals surface area contributed by atoms with Gasteiger partial charge in [-0.2, -0.15) is 0 Å². The second kappa shape index (κ2) is 9.98. The van der Waals surface area contributed by atoms with Crippen molar-refractivity contribution in [1.29, 1.82) is 0 Å². The molecule has 1 unspecified atom stereocenters. The van der Waals surface area contributed by atoms with Crippen LogP contribution in [-0.4, -0.2) is 44.8 Å². The molecule has 128 valence electrons. The monoisotopic (exact) mass is 314 g/mol. The van der Waals surface area contributed by atoms with Crippen molar-refractivity contribution in [2.45, 2.75) is 71.9 Å². The van der Waals surface area contributed by atoms with Gasteiger partial charge >= 0.3 is 5.97 Å². The maximum absolute atomic E-state index is 12.0. The summed E-state index contributed by atoms with van der Waals surface area (Å²) >= 11 is 0. The molecule has 1 aliphatic rings. The zero-order chi connectivity index (χ0) is 16.5. The molecule has 2 atom stereocenters. The highest BCUT2D eigenvalue weighted by Crippen LogP contribution is 2.19. The van der Waals surface area contributed by atoms with E-state index in [9.17, 15) is 4.79 Å². The van der Waals surface area contributed by atoms with Crippen LogP contribution in [0.2, 0.25) is 0 Å². The van der Waals surface area contributed by atoms with E-state index in [1.165, 1.54) is 7.11 Å². The number of methoxy groups -OCH3 is 1. The summed E-state index contributed by atoms with van der Waals surface area (Å²) in [7, 11) is 1.53. The smallest absolute Gasteiger partial charge is 0.335 e. The Balaban J connectivity index is 2.55. The highest BCUT2D eigenvalue weighted by atomic mass is 16.7. The van der Waals surface area contributed by atoms with Crippen molar-refractivity contribution in [3.63, 3.8) is 0 Å². The van der Waals surface area contributed by atoms with Gasteiger partial charge in [0.25, 0.3) is 0 Å². The molecule has 5 heteroatoms. The topological polar surface area (TPSA) is 54.0 Å². The van der Waals surface area contributed by atoms with Gasteiger partial charge in [0.05, 0.1) is 12.7 Å². The molecule has 0 N–H and O–H groups in total. The van der Waals surface area contributed by atoms with Gasteiger partial charge in [0.2, 0.25) is 0 Å². The molecular weight excluding hydrogens is 284 g/mol. The van der Waals surface area contributed by atoms with Gasteiger partial charge < -0.3 is 18.9 Å². The Morgan fingerprint density at radius 2 is 2.00 bits per heavy atom. The second-order valence-corrected chi connectivity index (χ2v) is 6.12. The number of esters is 1. The van der Waals surface area contributed by atoms with Gasteiger partial charge in [0.15, 0.2) is 12.4 Å². The first-order valence-corrected chi connectivity index (χ1v) is 8.05. The second-order valence-electron chi connectivity index (χ2n) is 6.12. The molecular formula is C17H30O5. The van der Waals surface area contributed by atoms with Gasteiger partial charge in [-0.15, -0.1) is 0 Å². The molecule has 0 bridgehead atoms. The van der Waals surface area contributed by atoms with Gasteiger partial charge in [-0.3, -0.25) is 0 Å². The third kappa shape index (κ3) is 6.90. The molecule has 0 aromatic carbocycles. The van der Waals surface area contributed by atoms with Gasteiger partial charge in [-0.1, -0.05) is 5.57 Å². The Kier molecular flexibility index (Phi) is 8.68. The summed E-state index contributed by atoms with van der Waals surface area (Å²) in [6.45, 7) is 8.91. The van der Waals surface area contributed by atoms with Crippen LogP contribution in [0.25, 0.3) is 0 Å². The molecule has 1 heterocycles. The molecule has 0 aromatic rings. The Hall–Kier alpha value is -0.910. The molecule has 0 aliphatic carbocycles. The predicted octanol–water partition coefficient (Wildman–Crippen LogP) is 3.22. The molecule has 0 saturated carbocycles. The van der Waals surface area contributed by atoms with E-state index in [0.717, 1.165) is 37.0 Å². The number of carbonyl (C=O) groups is 1. The van der Waals surface area contributed by atoms with Crippen LogP contribution in [0.5, 0.6) is 0 Å². The van der Waals surface area contributed by atoms with Crippen molar-refractivity contribution in [3.05, 3.63) is 11.1 Å².